The summed E-state index contributed by atoms with van der Waals surface area (Å²) in [6.07, 6.45) is 2.99. The van der Waals surface area contributed by atoms with Crippen molar-refractivity contribution >= 4 is 23.2 Å². The van der Waals surface area contributed by atoms with Crippen molar-refractivity contribution in [3.05, 3.63) is 63.6 Å². The second-order valence-electron chi connectivity index (χ2n) is 6.43. The zero-order valence-electron chi connectivity index (χ0n) is 15.8. The monoisotopic (exact) mass is 386 g/mol. The van der Waals surface area contributed by atoms with Crippen LogP contribution in [0.1, 0.15) is 39.3 Å². The fourth-order valence-corrected chi connectivity index (χ4v) is 3.28. The first kappa shape index (κ1) is 19.3. The van der Waals surface area contributed by atoms with Crippen LogP contribution in [0.15, 0.2) is 30.5 Å². The van der Waals surface area contributed by atoms with E-state index >= 15 is 0 Å². The lowest BCUT2D eigenvalue weighted by atomic mass is 10.0. The summed E-state index contributed by atoms with van der Waals surface area (Å²) in [7, 11) is 1.64. The van der Waals surface area contributed by atoms with E-state index in [4.69, 9.17) is 16.3 Å². The van der Waals surface area contributed by atoms with Crippen molar-refractivity contribution in [3.63, 3.8) is 0 Å². The molecule has 142 valence electrons. The van der Waals surface area contributed by atoms with Gasteiger partial charge in [-0.3, -0.25) is 4.79 Å². The molecule has 7 heteroatoms. The Morgan fingerprint density at radius 1 is 1.30 bits per heavy atom. The first-order valence-corrected chi connectivity index (χ1v) is 9.25. The fraction of sp³-hybridized carbons (Fsp3) is 0.350. The molecule has 0 bridgehead atoms. The molecule has 1 amide bonds. The Morgan fingerprint density at radius 3 is 2.81 bits per heavy atom. The molecule has 0 saturated carbocycles. The van der Waals surface area contributed by atoms with E-state index in [0.717, 1.165) is 34.0 Å². The Bertz CT molecular complexity index is 968. The molecule has 0 saturated heterocycles. The summed E-state index contributed by atoms with van der Waals surface area (Å²) in [6, 6.07) is 7.77. The van der Waals surface area contributed by atoms with Gasteiger partial charge in [0, 0.05) is 43.1 Å². The second kappa shape index (κ2) is 8.50. The number of halogens is 1. The van der Waals surface area contributed by atoms with Crippen LogP contribution in [0, 0.1) is 13.8 Å². The third-order valence-corrected chi connectivity index (χ3v) is 4.96. The Kier molecular flexibility index (Phi) is 6.08. The van der Waals surface area contributed by atoms with Crippen molar-refractivity contribution < 1.29 is 9.53 Å². The SMILES string of the molecule is COCCCNC(=O)c1cnn2c(C)c(Cc3ccccc3Cl)c(C)nc12. The van der Waals surface area contributed by atoms with Crippen LogP contribution in [-0.2, 0) is 11.2 Å². The van der Waals surface area contributed by atoms with Crippen LogP contribution in [0.25, 0.3) is 5.65 Å². The normalized spacial score (nSPS) is 11.1. The number of benzene rings is 1. The van der Waals surface area contributed by atoms with Crippen LogP contribution in [0.5, 0.6) is 0 Å². The Morgan fingerprint density at radius 2 is 2.07 bits per heavy atom. The molecular formula is C20H23ClN4O2. The number of carbonyl (C=O) groups excluding carboxylic acids is 1. The molecule has 0 aliphatic heterocycles. The molecule has 0 radical (unpaired) electrons. The van der Waals surface area contributed by atoms with Crippen LogP contribution in [0.3, 0.4) is 0 Å². The number of aryl methyl sites for hydroxylation is 2. The molecule has 0 atom stereocenters. The van der Waals surface area contributed by atoms with Gasteiger partial charge in [0.15, 0.2) is 5.65 Å². The number of fused-ring (bicyclic) bond motifs is 1. The van der Waals surface area contributed by atoms with Crippen molar-refractivity contribution in [2.45, 2.75) is 26.7 Å². The largest absolute Gasteiger partial charge is 0.385 e. The topological polar surface area (TPSA) is 68.5 Å². The number of rotatable bonds is 7. The number of hydrogen-bond donors (Lipinski definition) is 1. The third-order valence-electron chi connectivity index (χ3n) is 4.59. The van der Waals surface area contributed by atoms with Crippen LogP contribution in [-0.4, -0.2) is 40.8 Å². The zero-order chi connectivity index (χ0) is 19.4. The predicted octanol–water partition coefficient (Wildman–Crippen LogP) is 3.36. The van der Waals surface area contributed by atoms with Crippen molar-refractivity contribution in [2.24, 2.45) is 0 Å². The highest BCUT2D eigenvalue weighted by molar-refractivity contribution is 6.31. The van der Waals surface area contributed by atoms with Gasteiger partial charge in [-0.05, 0) is 37.5 Å². The van der Waals surface area contributed by atoms with E-state index in [0.29, 0.717) is 30.8 Å². The maximum atomic E-state index is 12.5. The average Bonchev–Trinajstić information content (AvgIpc) is 3.07. The van der Waals surface area contributed by atoms with Gasteiger partial charge in [-0.25, -0.2) is 9.50 Å². The van der Waals surface area contributed by atoms with Crippen molar-refractivity contribution in [3.8, 4) is 0 Å². The third kappa shape index (κ3) is 4.12. The van der Waals surface area contributed by atoms with Gasteiger partial charge in [0.25, 0.3) is 5.91 Å². The average molecular weight is 387 g/mol. The number of hydrogen-bond acceptors (Lipinski definition) is 4. The van der Waals surface area contributed by atoms with E-state index in [1.54, 1.807) is 17.8 Å². The van der Waals surface area contributed by atoms with E-state index in [1.807, 2.05) is 38.1 Å². The van der Waals surface area contributed by atoms with Crippen LogP contribution in [0.2, 0.25) is 5.02 Å². The lowest BCUT2D eigenvalue weighted by molar-refractivity contribution is 0.0950. The van der Waals surface area contributed by atoms with Gasteiger partial charge in [-0.2, -0.15) is 5.10 Å². The molecule has 0 aliphatic rings. The van der Waals surface area contributed by atoms with E-state index in [-0.39, 0.29) is 5.91 Å². The van der Waals surface area contributed by atoms with Gasteiger partial charge in [0.05, 0.1) is 6.20 Å². The van der Waals surface area contributed by atoms with Crippen LogP contribution < -0.4 is 5.32 Å². The van der Waals surface area contributed by atoms with Crippen molar-refractivity contribution in [1.29, 1.82) is 0 Å². The van der Waals surface area contributed by atoms with Crippen molar-refractivity contribution in [2.75, 3.05) is 20.3 Å². The van der Waals surface area contributed by atoms with Crippen LogP contribution >= 0.6 is 11.6 Å². The van der Waals surface area contributed by atoms with Crippen molar-refractivity contribution in [1.82, 2.24) is 19.9 Å². The molecule has 3 aromatic rings. The first-order chi connectivity index (χ1) is 13.0. The molecule has 0 spiro atoms. The van der Waals surface area contributed by atoms with Gasteiger partial charge in [0.1, 0.15) is 5.56 Å². The smallest absolute Gasteiger partial charge is 0.256 e. The highest BCUT2D eigenvalue weighted by Crippen LogP contribution is 2.24. The van der Waals surface area contributed by atoms with Crippen LogP contribution in [0.4, 0.5) is 0 Å². The zero-order valence-corrected chi connectivity index (χ0v) is 16.5. The molecular weight excluding hydrogens is 364 g/mol. The molecule has 1 N–H and O–H groups in total. The summed E-state index contributed by atoms with van der Waals surface area (Å²) in [6.45, 7) is 5.09. The maximum absolute atomic E-state index is 12.5. The molecule has 0 fully saturated rings. The van der Waals surface area contributed by atoms with E-state index in [1.165, 1.54) is 0 Å². The summed E-state index contributed by atoms with van der Waals surface area (Å²) in [5.41, 5.74) is 4.96. The molecule has 0 aliphatic carbocycles. The summed E-state index contributed by atoms with van der Waals surface area (Å²) < 4.78 is 6.72. The summed E-state index contributed by atoms with van der Waals surface area (Å²) >= 11 is 6.31. The fourth-order valence-electron chi connectivity index (χ4n) is 3.07. The minimum absolute atomic E-state index is 0.175. The number of nitrogens with one attached hydrogen (secondary N) is 1. The van der Waals surface area contributed by atoms with Gasteiger partial charge >= 0.3 is 0 Å². The molecule has 2 heterocycles. The van der Waals surface area contributed by atoms with Gasteiger partial charge < -0.3 is 10.1 Å². The standard InChI is InChI=1S/C20H23ClN4O2/c1-13-16(11-15-7-4-5-8-18(15)21)14(2)25-19(24-13)17(12-23-25)20(26)22-9-6-10-27-3/h4-5,7-8,12H,6,9-11H2,1-3H3,(H,22,26). The highest BCUT2D eigenvalue weighted by Gasteiger charge is 2.18. The number of methoxy groups -OCH3 is 1. The molecule has 3 rings (SSSR count). The Hall–Kier alpha value is -2.44. The van der Waals surface area contributed by atoms with Gasteiger partial charge in [-0.1, -0.05) is 29.8 Å². The Labute approximate surface area is 163 Å². The molecule has 27 heavy (non-hydrogen) atoms. The minimum Gasteiger partial charge on any atom is -0.385 e. The molecule has 6 nitrogen and oxygen atoms in total. The van der Waals surface area contributed by atoms with Gasteiger partial charge in [-0.15, -0.1) is 0 Å². The lowest BCUT2D eigenvalue weighted by Crippen LogP contribution is -2.25. The molecule has 1 aromatic carbocycles. The number of carbonyl (C=O) groups is 1. The highest BCUT2D eigenvalue weighted by atomic mass is 35.5. The quantitative estimate of drug-likeness (QED) is 0.632. The molecule has 0 unspecified atom stereocenters. The lowest BCUT2D eigenvalue weighted by Gasteiger charge is -2.12. The van der Waals surface area contributed by atoms with E-state index in [2.05, 4.69) is 15.4 Å². The maximum Gasteiger partial charge on any atom is 0.256 e. The van der Waals surface area contributed by atoms with E-state index in [9.17, 15) is 4.79 Å². The number of aromatic nitrogens is 3. The van der Waals surface area contributed by atoms with Gasteiger partial charge in [0.2, 0.25) is 0 Å². The second-order valence-corrected chi connectivity index (χ2v) is 6.83. The number of nitrogens with zero attached hydrogens (tertiary/aromatic N) is 3. The summed E-state index contributed by atoms with van der Waals surface area (Å²) in [5, 5.41) is 8.00. The summed E-state index contributed by atoms with van der Waals surface area (Å²) in [4.78, 5) is 17.1. The number of ether oxygens (including phenoxy) is 1. The first-order valence-electron chi connectivity index (χ1n) is 8.87. The Balaban J connectivity index is 1.90. The summed E-state index contributed by atoms with van der Waals surface area (Å²) in [5.74, 6) is -0.175. The predicted molar refractivity (Wildman–Crippen MR) is 106 cm³/mol. The number of amides is 1. The van der Waals surface area contributed by atoms with E-state index < -0.39 is 0 Å². The minimum atomic E-state index is -0.175. The molecule has 2 aromatic heterocycles.